The van der Waals surface area contributed by atoms with E-state index >= 15 is 0 Å². The fourth-order valence-corrected chi connectivity index (χ4v) is 2.70. The number of benzene rings is 2. The lowest BCUT2D eigenvalue weighted by molar-refractivity contribution is -0.384. The van der Waals surface area contributed by atoms with E-state index in [1.54, 1.807) is 19.1 Å². The first-order chi connectivity index (χ1) is 15.2. The van der Waals surface area contributed by atoms with E-state index < -0.39 is 15.8 Å². The predicted octanol–water partition coefficient (Wildman–Crippen LogP) is 2.38. The maximum Gasteiger partial charge on any atom is 0.293 e. The van der Waals surface area contributed by atoms with Crippen LogP contribution in [0.15, 0.2) is 42.5 Å². The van der Waals surface area contributed by atoms with Crippen LogP contribution in [0.25, 0.3) is 0 Å². The van der Waals surface area contributed by atoms with Crippen LogP contribution in [0, 0.1) is 27.2 Å². The van der Waals surface area contributed by atoms with Crippen LogP contribution in [0.1, 0.15) is 26.3 Å². The highest BCUT2D eigenvalue weighted by Crippen LogP contribution is 2.29. The molecule has 0 atom stereocenters. The number of nitro benzene ring substituents is 2. The van der Waals surface area contributed by atoms with Gasteiger partial charge >= 0.3 is 0 Å². The smallest absolute Gasteiger partial charge is 0.293 e. The SMILES string of the molecule is CN.Cc1cc(C(N)=O)cc([N+](=O)[O-])c1NC/C=C/CNc1ccc(C=O)cc1[N+](=O)[O-]. The normalized spacial score (nSPS) is 10.1. The van der Waals surface area contributed by atoms with Crippen molar-refractivity contribution in [2.45, 2.75) is 6.92 Å². The summed E-state index contributed by atoms with van der Waals surface area (Å²) in [6.45, 7) is 2.12. The van der Waals surface area contributed by atoms with Crippen LogP contribution in [-0.2, 0) is 0 Å². The van der Waals surface area contributed by atoms with Crippen molar-refractivity contribution < 1.29 is 19.4 Å². The van der Waals surface area contributed by atoms with Gasteiger partial charge in [-0.25, -0.2) is 0 Å². The molecule has 0 aliphatic rings. The van der Waals surface area contributed by atoms with Gasteiger partial charge in [0.15, 0.2) is 0 Å². The van der Waals surface area contributed by atoms with E-state index in [0.717, 1.165) is 6.07 Å². The summed E-state index contributed by atoms with van der Waals surface area (Å²) >= 11 is 0. The minimum Gasteiger partial charge on any atom is -0.376 e. The Morgan fingerprint density at radius 1 is 1.00 bits per heavy atom. The highest BCUT2D eigenvalue weighted by atomic mass is 16.6. The molecule has 0 spiro atoms. The van der Waals surface area contributed by atoms with E-state index in [2.05, 4.69) is 16.4 Å². The van der Waals surface area contributed by atoms with Crippen LogP contribution in [-0.4, -0.2) is 42.2 Å². The molecular weight excluding hydrogens is 420 g/mol. The number of hydrogen-bond donors (Lipinski definition) is 4. The van der Waals surface area contributed by atoms with Crippen LogP contribution in [0.2, 0.25) is 0 Å². The highest BCUT2D eigenvalue weighted by Gasteiger charge is 2.19. The number of rotatable bonds is 10. The number of nitrogens with two attached hydrogens (primary N) is 2. The average Bonchev–Trinajstić information content (AvgIpc) is 2.77. The van der Waals surface area contributed by atoms with E-state index in [-0.39, 0.29) is 47.0 Å². The quantitative estimate of drug-likeness (QED) is 0.184. The van der Waals surface area contributed by atoms with E-state index in [1.165, 1.54) is 31.3 Å². The molecule has 170 valence electrons. The number of amides is 1. The molecule has 0 aromatic heterocycles. The minimum atomic E-state index is -0.756. The molecule has 1 amide bonds. The van der Waals surface area contributed by atoms with Gasteiger partial charge in [0.25, 0.3) is 11.4 Å². The largest absolute Gasteiger partial charge is 0.376 e. The molecule has 0 saturated heterocycles. The Bertz CT molecular complexity index is 1040. The molecule has 0 fully saturated rings. The molecule has 0 aliphatic heterocycles. The summed E-state index contributed by atoms with van der Waals surface area (Å²) in [6.07, 6.45) is 3.90. The summed E-state index contributed by atoms with van der Waals surface area (Å²) in [5.41, 5.74) is 10.5. The van der Waals surface area contributed by atoms with E-state index in [1.807, 2.05) is 0 Å². The second kappa shape index (κ2) is 12.4. The summed E-state index contributed by atoms with van der Waals surface area (Å²) in [5.74, 6) is -0.756. The van der Waals surface area contributed by atoms with Crippen molar-refractivity contribution in [2.24, 2.45) is 11.5 Å². The molecule has 6 N–H and O–H groups in total. The third-order valence-electron chi connectivity index (χ3n) is 4.12. The molecule has 0 aliphatic carbocycles. The summed E-state index contributed by atoms with van der Waals surface area (Å²) in [6, 6.07) is 6.67. The Balaban J connectivity index is 0.00000249. The molecule has 0 bridgehead atoms. The number of nitro groups is 2. The first-order valence-electron chi connectivity index (χ1n) is 9.27. The van der Waals surface area contributed by atoms with Crippen molar-refractivity contribution in [1.29, 1.82) is 0 Å². The zero-order valence-corrected chi connectivity index (χ0v) is 17.5. The Hall–Kier alpha value is -4.32. The number of carbonyl (C=O) groups excluding carboxylic acids is 2. The highest BCUT2D eigenvalue weighted by molar-refractivity contribution is 5.95. The van der Waals surface area contributed by atoms with Crippen molar-refractivity contribution in [3.63, 3.8) is 0 Å². The zero-order valence-electron chi connectivity index (χ0n) is 17.5. The second-order valence-electron chi connectivity index (χ2n) is 6.19. The molecule has 2 aromatic rings. The Morgan fingerprint density at radius 2 is 1.59 bits per heavy atom. The predicted molar refractivity (Wildman–Crippen MR) is 121 cm³/mol. The fourth-order valence-electron chi connectivity index (χ4n) is 2.70. The number of primary amides is 1. The van der Waals surface area contributed by atoms with Gasteiger partial charge in [0.1, 0.15) is 17.7 Å². The van der Waals surface area contributed by atoms with Gasteiger partial charge in [0, 0.05) is 36.3 Å². The average molecular weight is 444 g/mol. The molecule has 12 nitrogen and oxygen atoms in total. The van der Waals surface area contributed by atoms with Gasteiger partial charge in [0.05, 0.1) is 9.85 Å². The van der Waals surface area contributed by atoms with Crippen molar-refractivity contribution >= 4 is 34.9 Å². The standard InChI is InChI=1S/C19H19N5O6.CH5N/c1-12-8-14(19(20)26)10-17(24(29)30)18(12)22-7-3-2-6-21-15-5-4-13(11-25)9-16(15)23(27)28;1-2/h2-5,8-11,21-22H,6-7H2,1H3,(H2,20,26);2H2,1H3/b3-2+;. The Kier molecular flexibility index (Phi) is 9.96. The second-order valence-corrected chi connectivity index (χ2v) is 6.19. The lowest BCUT2D eigenvalue weighted by Crippen LogP contribution is -2.13. The van der Waals surface area contributed by atoms with Crippen molar-refractivity contribution in [3.8, 4) is 0 Å². The molecule has 0 saturated carbocycles. The lowest BCUT2D eigenvalue weighted by Gasteiger charge is -2.10. The number of anilines is 2. The molecule has 2 rings (SSSR count). The summed E-state index contributed by atoms with van der Waals surface area (Å²) in [5, 5.41) is 28.2. The number of aldehydes is 1. The topological polar surface area (TPSA) is 197 Å². The van der Waals surface area contributed by atoms with Crippen molar-refractivity contribution in [1.82, 2.24) is 0 Å². The van der Waals surface area contributed by atoms with Crippen molar-refractivity contribution in [3.05, 3.63) is 79.4 Å². The van der Waals surface area contributed by atoms with E-state index in [0.29, 0.717) is 11.8 Å². The molecule has 32 heavy (non-hydrogen) atoms. The van der Waals surface area contributed by atoms with Gasteiger partial charge in [0.2, 0.25) is 5.91 Å². The van der Waals surface area contributed by atoms with Crippen LogP contribution < -0.4 is 22.1 Å². The van der Waals surface area contributed by atoms with Crippen LogP contribution in [0.4, 0.5) is 22.7 Å². The first-order valence-corrected chi connectivity index (χ1v) is 9.27. The van der Waals surface area contributed by atoms with Gasteiger partial charge in [-0.1, -0.05) is 12.2 Å². The Morgan fingerprint density at radius 3 is 2.12 bits per heavy atom. The number of carbonyl (C=O) groups is 2. The number of aryl methyl sites for hydroxylation is 1. The van der Waals surface area contributed by atoms with Crippen molar-refractivity contribution in [2.75, 3.05) is 30.8 Å². The molecular formula is C20H24N6O6. The summed E-state index contributed by atoms with van der Waals surface area (Å²) < 4.78 is 0. The molecule has 0 radical (unpaired) electrons. The van der Waals surface area contributed by atoms with Crippen LogP contribution >= 0.6 is 0 Å². The van der Waals surface area contributed by atoms with Gasteiger partial charge in [-0.15, -0.1) is 0 Å². The summed E-state index contributed by atoms with van der Waals surface area (Å²) in [4.78, 5) is 43.2. The minimum absolute atomic E-state index is 0.0479. The fraction of sp³-hybridized carbons (Fsp3) is 0.200. The number of nitrogens with one attached hydrogen (secondary N) is 2. The summed E-state index contributed by atoms with van der Waals surface area (Å²) in [7, 11) is 1.50. The molecule has 0 unspecified atom stereocenters. The van der Waals surface area contributed by atoms with Gasteiger partial charge in [-0.3, -0.25) is 29.8 Å². The van der Waals surface area contributed by atoms with Gasteiger partial charge in [-0.05, 0) is 37.7 Å². The van der Waals surface area contributed by atoms with E-state index in [4.69, 9.17) is 5.73 Å². The van der Waals surface area contributed by atoms with Crippen LogP contribution in [0.3, 0.4) is 0 Å². The third kappa shape index (κ3) is 6.88. The lowest BCUT2D eigenvalue weighted by atomic mass is 10.1. The third-order valence-corrected chi connectivity index (χ3v) is 4.12. The van der Waals surface area contributed by atoms with Gasteiger partial charge < -0.3 is 22.1 Å². The molecule has 12 heteroatoms. The Labute approximate surface area is 183 Å². The maximum absolute atomic E-state index is 11.3. The van der Waals surface area contributed by atoms with E-state index in [9.17, 15) is 29.8 Å². The first kappa shape index (κ1) is 25.7. The van der Waals surface area contributed by atoms with Crippen LogP contribution in [0.5, 0.6) is 0 Å². The number of hydrogen-bond acceptors (Lipinski definition) is 9. The monoisotopic (exact) mass is 444 g/mol. The number of nitrogens with zero attached hydrogens (tertiary/aromatic N) is 2. The zero-order chi connectivity index (χ0) is 24.3. The van der Waals surface area contributed by atoms with Gasteiger partial charge in [-0.2, -0.15) is 0 Å². The molecule has 2 aromatic carbocycles. The maximum atomic E-state index is 11.3. The molecule has 0 heterocycles.